The Morgan fingerprint density at radius 1 is 1.42 bits per heavy atom. The molecule has 0 spiro atoms. The van der Waals surface area contributed by atoms with Crippen molar-refractivity contribution >= 4 is 6.09 Å². The van der Waals surface area contributed by atoms with Gasteiger partial charge in [-0.25, -0.2) is 4.79 Å². The molecule has 1 aliphatic heterocycles. The largest absolute Gasteiger partial charge is 0.508 e. The lowest BCUT2D eigenvalue weighted by Gasteiger charge is -2.34. The van der Waals surface area contributed by atoms with Crippen LogP contribution in [-0.4, -0.2) is 28.2 Å². The summed E-state index contributed by atoms with van der Waals surface area (Å²) in [5.74, 6) is 0.472. The van der Waals surface area contributed by atoms with Crippen molar-refractivity contribution in [2.24, 2.45) is 0 Å². The Bertz CT molecular complexity index is 491. The minimum absolute atomic E-state index is 0.198. The molecule has 104 valence electrons. The summed E-state index contributed by atoms with van der Waals surface area (Å²) >= 11 is 0. The summed E-state index contributed by atoms with van der Waals surface area (Å²) in [4.78, 5) is 13.8. The molecule has 1 aromatic carbocycles. The number of carbonyl (C=O) groups excluding carboxylic acids is 1. The Morgan fingerprint density at radius 3 is 2.74 bits per heavy atom. The SMILES string of the molecule is CC1CN(C(=O)OC(C)(C)C)Cc2ccc(O)cc21. The molecule has 1 aliphatic rings. The van der Waals surface area contributed by atoms with E-state index in [9.17, 15) is 9.90 Å². The maximum atomic E-state index is 12.1. The number of aromatic hydroxyl groups is 1. The highest BCUT2D eigenvalue weighted by Gasteiger charge is 2.29. The van der Waals surface area contributed by atoms with Crippen LogP contribution in [0.2, 0.25) is 0 Å². The third-order valence-corrected chi connectivity index (χ3v) is 3.17. The molecular weight excluding hydrogens is 242 g/mol. The molecule has 1 N–H and O–H groups in total. The number of phenols is 1. The number of fused-ring (bicyclic) bond motifs is 1. The molecule has 1 unspecified atom stereocenters. The van der Waals surface area contributed by atoms with Crippen LogP contribution < -0.4 is 0 Å². The lowest BCUT2D eigenvalue weighted by Crippen LogP contribution is -2.40. The molecule has 1 heterocycles. The van der Waals surface area contributed by atoms with Gasteiger partial charge in [-0.15, -0.1) is 0 Å². The highest BCUT2D eigenvalue weighted by molar-refractivity contribution is 5.69. The van der Waals surface area contributed by atoms with Gasteiger partial charge in [-0.3, -0.25) is 0 Å². The van der Waals surface area contributed by atoms with Crippen molar-refractivity contribution < 1.29 is 14.6 Å². The number of benzene rings is 1. The van der Waals surface area contributed by atoms with Crippen LogP contribution in [0.25, 0.3) is 0 Å². The summed E-state index contributed by atoms with van der Waals surface area (Å²) in [5.41, 5.74) is 1.71. The molecule has 1 amide bonds. The summed E-state index contributed by atoms with van der Waals surface area (Å²) in [6.07, 6.45) is -0.280. The molecule has 0 aromatic heterocycles. The average Bonchev–Trinajstić information content (AvgIpc) is 2.27. The molecule has 0 aliphatic carbocycles. The van der Waals surface area contributed by atoms with Gasteiger partial charge < -0.3 is 14.7 Å². The van der Waals surface area contributed by atoms with Gasteiger partial charge in [0.25, 0.3) is 0 Å². The van der Waals surface area contributed by atoms with Gasteiger partial charge in [0.2, 0.25) is 0 Å². The Balaban J connectivity index is 2.17. The standard InChI is InChI=1S/C15H21NO3/c1-10-8-16(14(18)19-15(2,3)4)9-11-5-6-12(17)7-13(10)11/h5-7,10,17H,8-9H2,1-4H3. The molecule has 0 saturated heterocycles. The third kappa shape index (κ3) is 3.19. The molecule has 0 bridgehead atoms. The van der Waals surface area contributed by atoms with Crippen molar-refractivity contribution in [1.82, 2.24) is 4.90 Å². The van der Waals surface area contributed by atoms with E-state index in [1.54, 1.807) is 17.0 Å². The normalized spacial score (nSPS) is 18.9. The number of hydrogen-bond donors (Lipinski definition) is 1. The van der Waals surface area contributed by atoms with E-state index in [1.165, 1.54) is 0 Å². The first-order chi connectivity index (χ1) is 8.76. The second-order valence-corrected chi connectivity index (χ2v) is 6.15. The quantitative estimate of drug-likeness (QED) is 0.781. The summed E-state index contributed by atoms with van der Waals surface area (Å²) in [5, 5.41) is 9.53. The van der Waals surface area contributed by atoms with Crippen molar-refractivity contribution in [2.45, 2.75) is 45.8 Å². The number of amides is 1. The van der Waals surface area contributed by atoms with Crippen LogP contribution in [0.1, 0.15) is 44.7 Å². The first-order valence-electron chi connectivity index (χ1n) is 6.56. The zero-order chi connectivity index (χ0) is 14.2. The Kier molecular flexibility index (Phi) is 3.43. The zero-order valence-corrected chi connectivity index (χ0v) is 11.9. The van der Waals surface area contributed by atoms with Crippen molar-refractivity contribution in [1.29, 1.82) is 0 Å². The van der Waals surface area contributed by atoms with Gasteiger partial charge >= 0.3 is 6.09 Å². The molecular formula is C15H21NO3. The predicted octanol–water partition coefficient (Wildman–Crippen LogP) is 3.25. The van der Waals surface area contributed by atoms with E-state index in [0.717, 1.165) is 11.1 Å². The first-order valence-corrected chi connectivity index (χ1v) is 6.56. The molecule has 19 heavy (non-hydrogen) atoms. The van der Waals surface area contributed by atoms with E-state index in [2.05, 4.69) is 6.92 Å². The van der Waals surface area contributed by atoms with E-state index in [4.69, 9.17) is 4.74 Å². The van der Waals surface area contributed by atoms with Crippen LogP contribution in [0.5, 0.6) is 5.75 Å². The molecule has 0 radical (unpaired) electrons. The highest BCUT2D eigenvalue weighted by atomic mass is 16.6. The monoisotopic (exact) mass is 263 g/mol. The fourth-order valence-electron chi connectivity index (χ4n) is 2.35. The van der Waals surface area contributed by atoms with Crippen LogP contribution in [0.4, 0.5) is 4.79 Å². The van der Waals surface area contributed by atoms with Gasteiger partial charge in [-0.2, -0.15) is 0 Å². The lowest BCUT2D eigenvalue weighted by molar-refractivity contribution is 0.0209. The van der Waals surface area contributed by atoms with E-state index in [-0.39, 0.29) is 17.8 Å². The minimum Gasteiger partial charge on any atom is -0.508 e. The van der Waals surface area contributed by atoms with Gasteiger partial charge in [0.05, 0.1) is 0 Å². The Labute approximate surface area is 114 Å². The molecule has 4 heteroatoms. The van der Waals surface area contributed by atoms with Crippen LogP contribution >= 0.6 is 0 Å². The predicted molar refractivity (Wildman–Crippen MR) is 73.2 cm³/mol. The van der Waals surface area contributed by atoms with Gasteiger partial charge in [-0.1, -0.05) is 13.0 Å². The second-order valence-electron chi connectivity index (χ2n) is 6.15. The third-order valence-electron chi connectivity index (χ3n) is 3.17. The van der Waals surface area contributed by atoms with Gasteiger partial charge in [0.1, 0.15) is 11.4 Å². The smallest absolute Gasteiger partial charge is 0.410 e. The topological polar surface area (TPSA) is 49.8 Å². The number of ether oxygens (including phenoxy) is 1. The van der Waals surface area contributed by atoms with Crippen molar-refractivity contribution in [3.05, 3.63) is 29.3 Å². The number of carbonyl (C=O) groups is 1. The van der Waals surface area contributed by atoms with E-state index >= 15 is 0 Å². The molecule has 0 fully saturated rings. The fourth-order valence-corrected chi connectivity index (χ4v) is 2.35. The average molecular weight is 263 g/mol. The number of phenolic OH excluding ortho intramolecular Hbond substituents is 1. The Hall–Kier alpha value is -1.71. The van der Waals surface area contributed by atoms with E-state index in [1.807, 2.05) is 26.8 Å². The van der Waals surface area contributed by atoms with Crippen LogP contribution in [0.15, 0.2) is 18.2 Å². The van der Waals surface area contributed by atoms with Crippen molar-refractivity contribution in [2.75, 3.05) is 6.54 Å². The van der Waals surface area contributed by atoms with Gasteiger partial charge in [0.15, 0.2) is 0 Å². The van der Waals surface area contributed by atoms with Gasteiger partial charge in [0, 0.05) is 13.1 Å². The second kappa shape index (κ2) is 4.76. The zero-order valence-electron chi connectivity index (χ0n) is 11.9. The maximum absolute atomic E-state index is 12.1. The van der Waals surface area contributed by atoms with E-state index < -0.39 is 5.60 Å². The molecule has 4 nitrogen and oxygen atoms in total. The minimum atomic E-state index is -0.477. The summed E-state index contributed by atoms with van der Waals surface area (Å²) < 4.78 is 5.40. The van der Waals surface area contributed by atoms with Crippen molar-refractivity contribution in [3.63, 3.8) is 0 Å². The summed E-state index contributed by atoms with van der Waals surface area (Å²) in [6, 6.07) is 5.31. The summed E-state index contributed by atoms with van der Waals surface area (Å²) in [7, 11) is 0. The molecule has 1 aromatic rings. The lowest BCUT2D eigenvalue weighted by atomic mass is 9.91. The first kappa shape index (κ1) is 13.7. The number of hydrogen-bond acceptors (Lipinski definition) is 3. The van der Waals surface area contributed by atoms with Crippen molar-refractivity contribution in [3.8, 4) is 5.75 Å². The highest BCUT2D eigenvalue weighted by Crippen LogP contribution is 2.31. The van der Waals surface area contributed by atoms with Gasteiger partial charge in [-0.05, 0) is 49.9 Å². The molecule has 1 atom stereocenters. The van der Waals surface area contributed by atoms with Crippen LogP contribution in [0.3, 0.4) is 0 Å². The Morgan fingerprint density at radius 2 is 2.11 bits per heavy atom. The van der Waals surface area contributed by atoms with E-state index in [0.29, 0.717) is 13.1 Å². The number of nitrogens with zero attached hydrogens (tertiary/aromatic N) is 1. The summed E-state index contributed by atoms with van der Waals surface area (Å²) in [6.45, 7) is 8.80. The maximum Gasteiger partial charge on any atom is 0.410 e. The molecule has 0 saturated carbocycles. The van der Waals surface area contributed by atoms with Crippen LogP contribution in [0, 0.1) is 0 Å². The number of rotatable bonds is 0. The molecule has 2 rings (SSSR count). The van der Waals surface area contributed by atoms with Crippen LogP contribution in [-0.2, 0) is 11.3 Å². The fraction of sp³-hybridized carbons (Fsp3) is 0.533.